The van der Waals surface area contributed by atoms with Crippen molar-refractivity contribution in [3.8, 4) is 5.88 Å². The van der Waals surface area contributed by atoms with Gasteiger partial charge in [-0.05, 0) is 12.8 Å². The van der Waals surface area contributed by atoms with Gasteiger partial charge in [0.25, 0.3) is 11.8 Å². The molecule has 0 N–H and O–H groups in total. The number of fused-ring (bicyclic) bond motifs is 1. The summed E-state index contributed by atoms with van der Waals surface area (Å²) in [6, 6.07) is 1.71. The molecular formula is C16H22N4O4. The number of hydrogen-bond donors (Lipinski definition) is 0. The van der Waals surface area contributed by atoms with Gasteiger partial charge in [0.05, 0.1) is 6.61 Å². The SMILES string of the molecule is O=C(c1cc2n(n1)CCCO2)N1CCN(C(=O)C2CCCO2)CC1. The molecule has 1 unspecified atom stereocenters. The lowest BCUT2D eigenvalue weighted by Crippen LogP contribution is -2.52. The van der Waals surface area contributed by atoms with Crippen molar-refractivity contribution in [1.82, 2.24) is 19.6 Å². The van der Waals surface area contributed by atoms with Gasteiger partial charge < -0.3 is 19.3 Å². The molecule has 4 heterocycles. The second kappa shape index (κ2) is 6.43. The summed E-state index contributed by atoms with van der Waals surface area (Å²) in [7, 11) is 0. The predicted octanol–water partition coefficient (Wildman–Crippen LogP) is 0.129. The summed E-state index contributed by atoms with van der Waals surface area (Å²) in [4.78, 5) is 28.5. The minimum Gasteiger partial charge on any atom is -0.478 e. The molecule has 3 aliphatic rings. The van der Waals surface area contributed by atoms with E-state index in [0.29, 0.717) is 51.0 Å². The molecule has 1 aromatic rings. The van der Waals surface area contributed by atoms with E-state index in [1.807, 2.05) is 0 Å². The van der Waals surface area contributed by atoms with Crippen molar-refractivity contribution in [3.05, 3.63) is 11.8 Å². The van der Waals surface area contributed by atoms with E-state index in [2.05, 4.69) is 5.10 Å². The number of ether oxygens (including phenoxy) is 2. The Kier molecular flexibility index (Phi) is 4.13. The van der Waals surface area contributed by atoms with Gasteiger partial charge in [-0.3, -0.25) is 9.59 Å². The van der Waals surface area contributed by atoms with Gasteiger partial charge in [-0.1, -0.05) is 0 Å². The van der Waals surface area contributed by atoms with E-state index in [1.54, 1.807) is 20.5 Å². The van der Waals surface area contributed by atoms with Crippen molar-refractivity contribution in [1.29, 1.82) is 0 Å². The van der Waals surface area contributed by atoms with E-state index in [4.69, 9.17) is 9.47 Å². The number of rotatable bonds is 2. The zero-order valence-corrected chi connectivity index (χ0v) is 13.6. The maximum absolute atomic E-state index is 12.6. The molecule has 8 nitrogen and oxygen atoms in total. The number of nitrogens with zero attached hydrogens (tertiary/aromatic N) is 4. The van der Waals surface area contributed by atoms with Crippen LogP contribution in [0.2, 0.25) is 0 Å². The Hall–Kier alpha value is -2.09. The van der Waals surface area contributed by atoms with Crippen LogP contribution in [0.15, 0.2) is 6.07 Å². The van der Waals surface area contributed by atoms with Gasteiger partial charge in [-0.2, -0.15) is 5.10 Å². The van der Waals surface area contributed by atoms with Crippen molar-refractivity contribution >= 4 is 11.8 Å². The molecule has 0 aliphatic carbocycles. The average Bonchev–Trinajstić information content (AvgIpc) is 3.30. The van der Waals surface area contributed by atoms with Crippen molar-refractivity contribution in [2.45, 2.75) is 31.9 Å². The topological polar surface area (TPSA) is 76.9 Å². The van der Waals surface area contributed by atoms with E-state index < -0.39 is 0 Å². The lowest BCUT2D eigenvalue weighted by Gasteiger charge is -2.35. The number of carbonyl (C=O) groups excluding carboxylic acids is 2. The standard InChI is InChI=1S/C16H22N4O4/c21-15(12-11-14-20(17-12)4-2-10-24-14)18-5-7-19(8-6-18)16(22)13-3-1-9-23-13/h11,13H,1-10H2. The Bertz CT molecular complexity index is 607. The molecule has 2 amide bonds. The third-order valence-electron chi connectivity index (χ3n) is 4.81. The van der Waals surface area contributed by atoms with Crippen molar-refractivity contribution in [2.75, 3.05) is 39.4 Å². The molecule has 0 spiro atoms. The van der Waals surface area contributed by atoms with Crippen LogP contribution >= 0.6 is 0 Å². The van der Waals surface area contributed by atoms with Crippen molar-refractivity contribution in [3.63, 3.8) is 0 Å². The molecule has 0 radical (unpaired) electrons. The van der Waals surface area contributed by atoms with Gasteiger partial charge in [0.2, 0.25) is 5.88 Å². The van der Waals surface area contributed by atoms with Gasteiger partial charge in [0, 0.05) is 51.8 Å². The molecule has 0 aromatic carbocycles. The average molecular weight is 334 g/mol. The molecule has 4 rings (SSSR count). The maximum Gasteiger partial charge on any atom is 0.274 e. The highest BCUT2D eigenvalue weighted by Crippen LogP contribution is 2.20. The van der Waals surface area contributed by atoms with Crippen molar-refractivity contribution in [2.24, 2.45) is 0 Å². The monoisotopic (exact) mass is 334 g/mol. The minimum atomic E-state index is -0.288. The first-order chi connectivity index (χ1) is 11.7. The van der Waals surface area contributed by atoms with Crippen LogP contribution in [0.4, 0.5) is 0 Å². The first-order valence-corrected chi connectivity index (χ1v) is 8.63. The lowest BCUT2D eigenvalue weighted by atomic mass is 10.2. The van der Waals surface area contributed by atoms with Crippen LogP contribution in [0.3, 0.4) is 0 Å². The maximum atomic E-state index is 12.6. The Labute approximate surface area is 140 Å². The van der Waals surface area contributed by atoms with Gasteiger partial charge in [0.15, 0.2) is 5.69 Å². The summed E-state index contributed by atoms with van der Waals surface area (Å²) in [5.74, 6) is 0.631. The zero-order valence-electron chi connectivity index (χ0n) is 13.6. The Morgan fingerprint density at radius 2 is 1.83 bits per heavy atom. The fraction of sp³-hybridized carbons (Fsp3) is 0.688. The number of piperazine rings is 1. The van der Waals surface area contributed by atoms with Crippen LogP contribution in [-0.4, -0.2) is 76.9 Å². The number of aryl methyl sites for hydroxylation is 1. The van der Waals surface area contributed by atoms with Crippen LogP contribution < -0.4 is 4.74 Å². The Morgan fingerprint density at radius 3 is 2.54 bits per heavy atom. The van der Waals surface area contributed by atoms with E-state index in [9.17, 15) is 9.59 Å². The predicted molar refractivity (Wildman–Crippen MR) is 83.8 cm³/mol. The van der Waals surface area contributed by atoms with E-state index in [-0.39, 0.29) is 17.9 Å². The molecular weight excluding hydrogens is 312 g/mol. The van der Waals surface area contributed by atoms with E-state index >= 15 is 0 Å². The van der Waals surface area contributed by atoms with Crippen LogP contribution in [0, 0.1) is 0 Å². The largest absolute Gasteiger partial charge is 0.478 e. The van der Waals surface area contributed by atoms with E-state index in [1.165, 1.54) is 0 Å². The van der Waals surface area contributed by atoms with Gasteiger partial charge >= 0.3 is 0 Å². The summed E-state index contributed by atoms with van der Waals surface area (Å²) < 4.78 is 12.7. The molecule has 2 fully saturated rings. The first-order valence-electron chi connectivity index (χ1n) is 8.63. The second-order valence-electron chi connectivity index (χ2n) is 6.41. The second-order valence-corrected chi connectivity index (χ2v) is 6.41. The van der Waals surface area contributed by atoms with Crippen LogP contribution in [-0.2, 0) is 16.1 Å². The highest BCUT2D eigenvalue weighted by Gasteiger charge is 2.32. The van der Waals surface area contributed by atoms with Crippen LogP contribution in [0.1, 0.15) is 29.8 Å². The number of amides is 2. The smallest absolute Gasteiger partial charge is 0.274 e. The van der Waals surface area contributed by atoms with Gasteiger partial charge in [0.1, 0.15) is 6.10 Å². The molecule has 0 saturated carbocycles. The highest BCUT2D eigenvalue weighted by molar-refractivity contribution is 5.93. The molecule has 1 aromatic heterocycles. The summed E-state index contributed by atoms with van der Waals surface area (Å²) in [6.45, 7) is 4.28. The first kappa shape index (κ1) is 15.4. The molecule has 3 aliphatic heterocycles. The number of hydrogen-bond acceptors (Lipinski definition) is 5. The summed E-state index contributed by atoms with van der Waals surface area (Å²) >= 11 is 0. The van der Waals surface area contributed by atoms with Crippen LogP contribution in [0.25, 0.3) is 0 Å². The van der Waals surface area contributed by atoms with Crippen LogP contribution in [0.5, 0.6) is 5.88 Å². The third-order valence-corrected chi connectivity index (χ3v) is 4.81. The lowest BCUT2D eigenvalue weighted by molar-refractivity contribution is -0.142. The molecule has 2 saturated heterocycles. The van der Waals surface area contributed by atoms with Gasteiger partial charge in [-0.25, -0.2) is 4.68 Å². The molecule has 130 valence electrons. The quantitative estimate of drug-likeness (QED) is 0.768. The number of carbonyl (C=O) groups is 2. The normalized spacial score (nSPS) is 23.8. The minimum absolute atomic E-state index is 0.0606. The Morgan fingerprint density at radius 1 is 1.04 bits per heavy atom. The molecule has 1 atom stereocenters. The van der Waals surface area contributed by atoms with E-state index in [0.717, 1.165) is 25.8 Å². The van der Waals surface area contributed by atoms with Crippen molar-refractivity contribution < 1.29 is 19.1 Å². The van der Waals surface area contributed by atoms with Gasteiger partial charge in [-0.15, -0.1) is 0 Å². The zero-order chi connectivity index (χ0) is 16.5. The summed E-state index contributed by atoms with van der Waals surface area (Å²) in [5.41, 5.74) is 0.422. The molecule has 0 bridgehead atoms. The fourth-order valence-corrected chi connectivity index (χ4v) is 3.44. The molecule has 8 heteroatoms. The molecule has 24 heavy (non-hydrogen) atoms. The summed E-state index contributed by atoms with van der Waals surface area (Å²) in [6.07, 6.45) is 2.37. The third kappa shape index (κ3) is 2.86. The summed E-state index contributed by atoms with van der Waals surface area (Å²) in [5, 5.41) is 4.34. The highest BCUT2D eigenvalue weighted by atomic mass is 16.5. The Balaban J connectivity index is 1.36. The fourth-order valence-electron chi connectivity index (χ4n) is 3.44. The number of aromatic nitrogens is 2.